The molecule has 0 bridgehead atoms. The number of rotatable bonds is 5. The number of hydrogen-bond acceptors (Lipinski definition) is 3. The first-order valence-electron chi connectivity index (χ1n) is 10.2. The topological polar surface area (TPSA) is 70.2 Å². The molecular formula is C26H20ClN3O2S. The Labute approximate surface area is 201 Å². The average Bonchev–Trinajstić information content (AvgIpc) is 2.79. The van der Waals surface area contributed by atoms with Gasteiger partial charge in [-0.2, -0.15) is 0 Å². The standard InChI is InChI=1S/C26H20ClN3O2S/c27-20-10-5-12-22(16-20)28-25(32)19-9-4-11-21(14-19)29-26(33)30-24(31)15-18-8-3-7-17-6-1-2-13-23(17)18/h1-14,16H,15H2,(H,28,32)(H2,29,30,31,33). The number of thiocarbonyl (C=S) groups is 1. The second-order valence-corrected chi connectivity index (χ2v) is 8.21. The first-order chi connectivity index (χ1) is 16.0. The van der Waals surface area contributed by atoms with Gasteiger partial charge in [-0.05, 0) is 65.0 Å². The molecule has 0 fully saturated rings. The van der Waals surface area contributed by atoms with Gasteiger partial charge in [-0.25, -0.2) is 0 Å². The van der Waals surface area contributed by atoms with Crippen LogP contribution in [-0.4, -0.2) is 16.9 Å². The Morgan fingerprint density at radius 1 is 0.788 bits per heavy atom. The number of carbonyl (C=O) groups is 2. The average molecular weight is 474 g/mol. The lowest BCUT2D eigenvalue weighted by Crippen LogP contribution is -2.35. The molecular weight excluding hydrogens is 454 g/mol. The highest BCUT2D eigenvalue weighted by Crippen LogP contribution is 2.19. The van der Waals surface area contributed by atoms with E-state index in [1.54, 1.807) is 48.5 Å². The van der Waals surface area contributed by atoms with Gasteiger partial charge in [0.25, 0.3) is 5.91 Å². The minimum absolute atomic E-state index is 0.160. The molecule has 0 aliphatic carbocycles. The van der Waals surface area contributed by atoms with E-state index in [1.807, 2.05) is 42.5 Å². The number of anilines is 2. The van der Waals surface area contributed by atoms with Gasteiger partial charge in [-0.15, -0.1) is 0 Å². The maximum absolute atomic E-state index is 12.6. The van der Waals surface area contributed by atoms with Crippen LogP contribution in [0.15, 0.2) is 91.0 Å². The number of nitrogens with one attached hydrogen (secondary N) is 3. The number of hydrogen-bond donors (Lipinski definition) is 3. The molecule has 0 saturated carbocycles. The minimum Gasteiger partial charge on any atom is -0.332 e. The molecule has 0 saturated heterocycles. The number of amides is 2. The normalized spacial score (nSPS) is 10.5. The monoisotopic (exact) mass is 473 g/mol. The summed E-state index contributed by atoms with van der Waals surface area (Å²) in [5, 5.41) is 11.3. The number of benzene rings is 4. The largest absolute Gasteiger partial charge is 0.332 e. The zero-order valence-electron chi connectivity index (χ0n) is 17.5. The van der Waals surface area contributed by atoms with E-state index in [2.05, 4.69) is 16.0 Å². The van der Waals surface area contributed by atoms with Crippen molar-refractivity contribution in [3.05, 3.63) is 107 Å². The second kappa shape index (κ2) is 10.3. The first kappa shape index (κ1) is 22.5. The van der Waals surface area contributed by atoms with Gasteiger partial charge in [0.15, 0.2) is 5.11 Å². The van der Waals surface area contributed by atoms with Crippen molar-refractivity contribution in [1.29, 1.82) is 0 Å². The smallest absolute Gasteiger partial charge is 0.255 e. The molecule has 0 radical (unpaired) electrons. The summed E-state index contributed by atoms with van der Waals surface area (Å²) >= 11 is 11.3. The van der Waals surface area contributed by atoms with E-state index in [-0.39, 0.29) is 23.3 Å². The van der Waals surface area contributed by atoms with Gasteiger partial charge >= 0.3 is 0 Å². The van der Waals surface area contributed by atoms with Crippen molar-refractivity contribution in [3.63, 3.8) is 0 Å². The van der Waals surface area contributed by atoms with Crippen molar-refractivity contribution in [2.45, 2.75) is 6.42 Å². The molecule has 0 aliphatic heterocycles. The predicted octanol–water partition coefficient (Wildman–Crippen LogP) is 5.80. The van der Waals surface area contributed by atoms with Crippen molar-refractivity contribution in [2.24, 2.45) is 0 Å². The van der Waals surface area contributed by atoms with Gasteiger partial charge in [0, 0.05) is 22.0 Å². The summed E-state index contributed by atoms with van der Waals surface area (Å²) < 4.78 is 0. The fourth-order valence-electron chi connectivity index (χ4n) is 3.46. The van der Waals surface area contributed by atoms with Crippen LogP contribution in [-0.2, 0) is 11.2 Å². The fraction of sp³-hybridized carbons (Fsp3) is 0.0385. The SMILES string of the molecule is O=C(Cc1cccc2ccccc12)NC(=S)Nc1cccc(C(=O)Nc2cccc(Cl)c2)c1. The summed E-state index contributed by atoms with van der Waals surface area (Å²) in [5.41, 5.74) is 2.55. The molecule has 3 N–H and O–H groups in total. The van der Waals surface area contributed by atoms with Crippen LogP contribution in [0.5, 0.6) is 0 Å². The summed E-state index contributed by atoms with van der Waals surface area (Å²) in [4.78, 5) is 25.1. The summed E-state index contributed by atoms with van der Waals surface area (Å²) in [7, 11) is 0. The molecule has 4 aromatic carbocycles. The maximum atomic E-state index is 12.6. The first-order valence-corrected chi connectivity index (χ1v) is 11.0. The number of halogens is 1. The van der Waals surface area contributed by atoms with Crippen LogP contribution < -0.4 is 16.0 Å². The lowest BCUT2D eigenvalue weighted by Gasteiger charge is -2.12. The van der Waals surface area contributed by atoms with Crippen molar-refractivity contribution in [1.82, 2.24) is 5.32 Å². The van der Waals surface area contributed by atoms with E-state index in [4.69, 9.17) is 23.8 Å². The Balaban J connectivity index is 1.37. The third kappa shape index (κ3) is 5.94. The Morgan fingerprint density at radius 2 is 1.48 bits per heavy atom. The number of carbonyl (C=O) groups excluding carboxylic acids is 2. The molecule has 0 spiro atoms. The second-order valence-electron chi connectivity index (χ2n) is 7.36. The van der Waals surface area contributed by atoms with Crippen LogP contribution in [0.2, 0.25) is 5.02 Å². The van der Waals surface area contributed by atoms with E-state index in [9.17, 15) is 9.59 Å². The lowest BCUT2D eigenvalue weighted by atomic mass is 10.0. The highest BCUT2D eigenvalue weighted by Gasteiger charge is 2.11. The highest BCUT2D eigenvalue weighted by atomic mass is 35.5. The molecule has 2 amide bonds. The fourth-order valence-corrected chi connectivity index (χ4v) is 3.88. The summed E-state index contributed by atoms with van der Waals surface area (Å²) in [6, 6.07) is 27.6. The predicted molar refractivity (Wildman–Crippen MR) is 138 cm³/mol. The van der Waals surface area contributed by atoms with Gasteiger partial charge < -0.3 is 16.0 Å². The van der Waals surface area contributed by atoms with Gasteiger partial charge in [0.1, 0.15) is 0 Å². The van der Waals surface area contributed by atoms with E-state index in [0.29, 0.717) is 22.0 Å². The van der Waals surface area contributed by atoms with Crippen LogP contribution in [0.3, 0.4) is 0 Å². The zero-order valence-corrected chi connectivity index (χ0v) is 19.0. The number of fused-ring (bicyclic) bond motifs is 1. The molecule has 0 unspecified atom stereocenters. The third-order valence-electron chi connectivity index (χ3n) is 4.95. The molecule has 33 heavy (non-hydrogen) atoms. The van der Waals surface area contributed by atoms with E-state index < -0.39 is 0 Å². The van der Waals surface area contributed by atoms with Crippen LogP contribution in [0.4, 0.5) is 11.4 Å². The maximum Gasteiger partial charge on any atom is 0.255 e. The van der Waals surface area contributed by atoms with E-state index in [0.717, 1.165) is 16.3 Å². The Bertz CT molecular complexity index is 1350. The lowest BCUT2D eigenvalue weighted by molar-refractivity contribution is -0.119. The molecule has 4 rings (SSSR count). The molecule has 0 atom stereocenters. The van der Waals surface area contributed by atoms with E-state index >= 15 is 0 Å². The molecule has 164 valence electrons. The third-order valence-corrected chi connectivity index (χ3v) is 5.39. The van der Waals surface area contributed by atoms with Crippen molar-refractivity contribution in [3.8, 4) is 0 Å². The van der Waals surface area contributed by atoms with Crippen LogP contribution in [0.1, 0.15) is 15.9 Å². The molecule has 0 heterocycles. The van der Waals surface area contributed by atoms with Crippen molar-refractivity contribution in [2.75, 3.05) is 10.6 Å². The molecule has 0 aliphatic rings. The van der Waals surface area contributed by atoms with Crippen LogP contribution in [0, 0.1) is 0 Å². The Morgan fingerprint density at radius 3 is 2.30 bits per heavy atom. The molecule has 5 nitrogen and oxygen atoms in total. The van der Waals surface area contributed by atoms with Gasteiger partial charge in [0.2, 0.25) is 5.91 Å². The van der Waals surface area contributed by atoms with Crippen molar-refractivity contribution < 1.29 is 9.59 Å². The summed E-state index contributed by atoms with van der Waals surface area (Å²) in [5.74, 6) is -0.509. The summed E-state index contributed by atoms with van der Waals surface area (Å²) in [6.45, 7) is 0. The molecule has 0 aromatic heterocycles. The molecule has 7 heteroatoms. The molecule has 4 aromatic rings. The van der Waals surface area contributed by atoms with Crippen LogP contribution >= 0.6 is 23.8 Å². The van der Waals surface area contributed by atoms with E-state index in [1.165, 1.54) is 0 Å². The quantitative estimate of drug-likeness (QED) is 0.320. The van der Waals surface area contributed by atoms with Gasteiger partial charge in [-0.1, -0.05) is 66.2 Å². The van der Waals surface area contributed by atoms with Crippen molar-refractivity contribution >= 4 is 62.9 Å². The Hall–Kier alpha value is -3.74. The van der Waals surface area contributed by atoms with Crippen LogP contribution in [0.25, 0.3) is 10.8 Å². The van der Waals surface area contributed by atoms with Gasteiger partial charge in [0.05, 0.1) is 6.42 Å². The minimum atomic E-state index is -0.285. The summed E-state index contributed by atoms with van der Waals surface area (Å²) in [6.07, 6.45) is 0.200. The highest BCUT2D eigenvalue weighted by molar-refractivity contribution is 7.80. The zero-order chi connectivity index (χ0) is 23.2. The van der Waals surface area contributed by atoms with Gasteiger partial charge in [-0.3, -0.25) is 9.59 Å². The Kier molecular flexibility index (Phi) is 6.98.